The number of fused-ring (bicyclic) bond motifs is 1. The second-order valence-electron chi connectivity index (χ2n) is 6.26. The number of hydrogen-bond acceptors (Lipinski definition) is 5. The smallest absolute Gasteiger partial charge is 0.258 e. The van der Waals surface area contributed by atoms with Gasteiger partial charge in [0.05, 0.1) is 26.4 Å². The first kappa shape index (κ1) is 18.1. The van der Waals surface area contributed by atoms with Gasteiger partial charge >= 0.3 is 0 Å². The van der Waals surface area contributed by atoms with E-state index in [4.69, 9.17) is 14.2 Å². The fourth-order valence-electron chi connectivity index (χ4n) is 3.38. The summed E-state index contributed by atoms with van der Waals surface area (Å²) in [5, 5.41) is 3.52. The van der Waals surface area contributed by atoms with Gasteiger partial charge in [-0.3, -0.25) is 4.79 Å². The van der Waals surface area contributed by atoms with E-state index in [9.17, 15) is 4.79 Å². The Morgan fingerprint density at radius 3 is 2.54 bits per heavy atom. The predicted octanol–water partition coefficient (Wildman–Crippen LogP) is 3.09. The number of rotatable bonds is 6. The molecule has 26 heavy (non-hydrogen) atoms. The molecule has 1 atom stereocenters. The van der Waals surface area contributed by atoms with E-state index in [-0.39, 0.29) is 5.91 Å². The fraction of sp³-hybridized carbons (Fsp3) is 0.350. The van der Waals surface area contributed by atoms with Crippen LogP contribution in [0.25, 0.3) is 0 Å². The van der Waals surface area contributed by atoms with E-state index in [2.05, 4.69) is 5.32 Å². The Morgan fingerprint density at radius 2 is 1.85 bits per heavy atom. The molecule has 1 aliphatic rings. The summed E-state index contributed by atoms with van der Waals surface area (Å²) in [6.07, 6.45) is 0. The molecule has 0 bridgehead atoms. The summed E-state index contributed by atoms with van der Waals surface area (Å²) in [5.41, 5.74) is 1.50. The van der Waals surface area contributed by atoms with Crippen LogP contribution in [0.2, 0.25) is 0 Å². The maximum atomic E-state index is 13.2. The maximum Gasteiger partial charge on any atom is 0.258 e. The summed E-state index contributed by atoms with van der Waals surface area (Å²) < 4.78 is 16.1. The van der Waals surface area contributed by atoms with Crippen LogP contribution in [0.15, 0.2) is 42.5 Å². The Hall–Kier alpha value is -2.73. The van der Waals surface area contributed by atoms with Crippen LogP contribution in [0.4, 0.5) is 5.69 Å². The van der Waals surface area contributed by atoms with Crippen molar-refractivity contribution in [1.29, 1.82) is 0 Å². The molecule has 6 nitrogen and oxygen atoms in total. The topological polar surface area (TPSA) is 60.0 Å². The zero-order chi connectivity index (χ0) is 18.7. The van der Waals surface area contributed by atoms with Crippen molar-refractivity contribution in [2.75, 3.05) is 39.8 Å². The highest BCUT2D eigenvalue weighted by atomic mass is 16.5. The summed E-state index contributed by atoms with van der Waals surface area (Å²) in [6.45, 7) is 2.85. The first-order chi connectivity index (χ1) is 12.5. The molecule has 0 fully saturated rings. The summed E-state index contributed by atoms with van der Waals surface area (Å²) in [4.78, 5) is 15.0. The number of methoxy groups -OCH3 is 3. The van der Waals surface area contributed by atoms with Gasteiger partial charge in [-0.05, 0) is 31.2 Å². The van der Waals surface area contributed by atoms with Gasteiger partial charge in [-0.15, -0.1) is 0 Å². The van der Waals surface area contributed by atoms with Crippen LogP contribution in [0.3, 0.4) is 0 Å². The zero-order valence-corrected chi connectivity index (χ0v) is 15.5. The molecule has 0 aliphatic carbocycles. The van der Waals surface area contributed by atoms with Crippen molar-refractivity contribution in [1.82, 2.24) is 4.90 Å². The number of ether oxygens (including phenoxy) is 3. The monoisotopic (exact) mass is 356 g/mol. The van der Waals surface area contributed by atoms with Crippen molar-refractivity contribution in [3.63, 3.8) is 0 Å². The van der Waals surface area contributed by atoms with Gasteiger partial charge in [0.25, 0.3) is 5.91 Å². The Labute approximate surface area is 153 Å². The number of carbonyl (C=O) groups excluding carboxylic acids is 1. The molecule has 1 aliphatic heterocycles. The third-order valence-corrected chi connectivity index (χ3v) is 4.77. The molecule has 3 rings (SSSR count). The van der Waals surface area contributed by atoms with Gasteiger partial charge in [-0.25, -0.2) is 0 Å². The lowest BCUT2D eigenvalue weighted by atomic mass is 9.92. The summed E-state index contributed by atoms with van der Waals surface area (Å²) in [7, 11) is 4.85. The highest BCUT2D eigenvalue weighted by Crippen LogP contribution is 2.42. The molecule has 0 spiro atoms. The van der Waals surface area contributed by atoms with Crippen molar-refractivity contribution in [2.45, 2.75) is 12.6 Å². The van der Waals surface area contributed by atoms with E-state index in [1.165, 1.54) is 0 Å². The molecular formula is C20H24N2O4. The van der Waals surface area contributed by atoms with Crippen LogP contribution in [0.5, 0.6) is 11.5 Å². The molecule has 2 aromatic rings. The average molecular weight is 356 g/mol. The van der Waals surface area contributed by atoms with Crippen LogP contribution >= 0.6 is 0 Å². The number of nitrogens with one attached hydrogen (secondary N) is 1. The molecule has 1 amide bonds. The van der Waals surface area contributed by atoms with Crippen LogP contribution in [-0.4, -0.2) is 45.3 Å². The Morgan fingerprint density at radius 1 is 1.08 bits per heavy atom. The van der Waals surface area contributed by atoms with Gasteiger partial charge in [-0.2, -0.15) is 0 Å². The highest BCUT2D eigenvalue weighted by molar-refractivity contribution is 6.02. The van der Waals surface area contributed by atoms with Crippen LogP contribution in [0, 0.1) is 0 Å². The van der Waals surface area contributed by atoms with E-state index >= 15 is 0 Å². The average Bonchev–Trinajstić information content (AvgIpc) is 2.67. The van der Waals surface area contributed by atoms with Gasteiger partial charge < -0.3 is 24.4 Å². The molecule has 0 aromatic heterocycles. The summed E-state index contributed by atoms with van der Waals surface area (Å²) in [5.74, 6) is 1.30. The molecule has 0 saturated heterocycles. The number of amides is 1. The third-order valence-electron chi connectivity index (χ3n) is 4.77. The lowest BCUT2D eigenvalue weighted by Crippen LogP contribution is -2.56. The molecule has 6 heteroatoms. The standard InChI is InChI=1S/C20H24N2O4/c1-20(16-10-9-14(25-3)13-18(16)26-4)21-17-8-6-5-7-15(17)19(23)22(20)11-12-24-2/h5-10,13,21H,11-12H2,1-4H3. The van der Waals surface area contributed by atoms with E-state index in [0.717, 1.165) is 11.3 Å². The summed E-state index contributed by atoms with van der Waals surface area (Å²) >= 11 is 0. The Bertz CT molecular complexity index is 808. The molecule has 1 unspecified atom stereocenters. The van der Waals surface area contributed by atoms with Gasteiger partial charge in [0.2, 0.25) is 0 Å². The minimum Gasteiger partial charge on any atom is -0.497 e. The van der Waals surface area contributed by atoms with E-state index < -0.39 is 5.66 Å². The first-order valence-electron chi connectivity index (χ1n) is 8.45. The number of para-hydroxylation sites is 1. The lowest BCUT2D eigenvalue weighted by molar-refractivity contribution is 0.0433. The largest absolute Gasteiger partial charge is 0.497 e. The van der Waals surface area contributed by atoms with Crippen LogP contribution in [0.1, 0.15) is 22.8 Å². The summed E-state index contributed by atoms with van der Waals surface area (Å²) in [6, 6.07) is 13.1. The Balaban J connectivity index is 2.14. The van der Waals surface area contributed by atoms with Gasteiger partial charge in [-0.1, -0.05) is 12.1 Å². The van der Waals surface area contributed by atoms with Crippen molar-refractivity contribution < 1.29 is 19.0 Å². The lowest BCUT2D eigenvalue weighted by Gasteiger charge is -2.47. The first-order valence-corrected chi connectivity index (χ1v) is 8.45. The Kier molecular flexibility index (Phi) is 5.04. The van der Waals surface area contributed by atoms with Crippen LogP contribution < -0.4 is 14.8 Å². The number of anilines is 1. The number of carbonyl (C=O) groups is 1. The molecule has 2 aromatic carbocycles. The molecule has 1 N–H and O–H groups in total. The third kappa shape index (κ3) is 2.97. The normalized spacial score (nSPS) is 18.9. The molecular weight excluding hydrogens is 332 g/mol. The number of benzene rings is 2. The van der Waals surface area contributed by atoms with Crippen molar-refractivity contribution in [2.24, 2.45) is 0 Å². The van der Waals surface area contributed by atoms with Crippen molar-refractivity contribution in [3.8, 4) is 11.5 Å². The molecule has 0 radical (unpaired) electrons. The van der Waals surface area contributed by atoms with Crippen molar-refractivity contribution >= 4 is 11.6 Å². The minimum atomic E-state index is -0.790. The van der Waals surface area contributed by atoms with Gasteiger partial charge in [0, 0.05) is 31.0 Å². The maximum absolute atomic E-state index is 13.2. The number of hydrogen-bond donors (Lipinski definition) is 1. The second kappa shape index (κ2) is 7.25. The van der Waals surface area contributed by atoms with E-state index in [0.29, 0.717) is 30.2 Å². The van der Waals surface area contributed by atoms with E-state index in [1.807, 2.05) is 49.4 Å². The minimum absolute atomic E-state index is 0.0447. The quantitative estimate of drug-likeness (QED) is 0.862. The number of nitrogens with zero attached hydrogens (tertiary/aromatic N) is 1. The molecule has 1 heterocycles. The molecule has 0 saturated carbocycles. The van der Waals surface area contributed by atoms with Crippen molar-refractivity contribution in [3.05, 3.63) is 53.6 Å². The van der Waals surface area contributed by atoms with Crippen LogP contribution in [-0.2, 0) is 10.4 Å². The zero-order valence-electron chi connectivity index (χ0n) is 15.5. The second-order valence-corrected chi connectivity index (χ2v) is 6.26. The molecule has 138 valence electrons. The fourth-order valence-corrected chi connectivity index (χ4v) is 3.38. The van der Waals surface area contributed by atoms with Gasteiger partial charge in [0.15, 0.2) is 0 Å². The van der Waals surface area contributed by atoms with Gasteiger partial charge in [0.1, 0.15) is 17.2 Å². The SMILES string of the molecule is COCCN1C(=O)c2ccccc2NC1(C)c1ccc(OC)cc1OC. The predicted molar refractivity (Wildman–Crippen MR) is 99.9 cm³/mol. The van der Waals surface area contributed by atoms with E-state index in [1.54, 1.807) is 26.2 Å². The highest BCUT2D eigenvalue weighted by Gasteiger charge is 2.43.